The van der Waals surface area contributed by atoms with Crippen LogP contribution in [0.25, 0.3) is 10.8 Å². The minimum absolute atomic E-state index is 0.115. The summed E-state index contributed by atoms with van der Waals surface area (Å²) in [6.45, 7) is 2.77. The minimum Gasteiger partial charge on any atom is -0.333 e. The van der Waals surface area contributed by atoms with Crippen LogP contribution in [0.5, 0.6) is 0 Å². The normalized spacial score (nSPS) is 14.1. The summed E-state index contributed by atoms with van der Waals surface area (Å²) in [6.07, 6.45) is 0.456. The van der Waals surface area contributed by atoms with E-state index in [2.05, 4.69) is 16.9 Å². The fourth-order valence-corrected chi connectivity index (χ4v) is 5.54. The molecule has 4 aromatic rings. The first kappa shape index (κ1) is 23.1. The fourth-order valence-electron chi connectivity index (χ4n) is 4.49. The Morgan fingerprint density at radius 2 is 1.63 bits per heavy atom. The monoisotopic (exact) mass is 485 g/mol. The van der Waals surface area contributed by atoms with Crippen LogP contribution in [0.2, 0.25) is 0 Å². The van der Waals surface area contributed by atoms with Crippen LogP contribution in [-0.4, -0.2) is 25.3 Å². The highest BCUT2D eigenvalue weighted by Gasteiger charge is 2.28. The second-order valence-corrected chi connectivity index (χ2v) is 10.8. The average Bonchev–Trinajstić information content (AvgIpc) is 3.27. The Bertz CT molecular complexity index is 1510. The molecule has 35 heavy (non-hydrogen) atoms. The van der Waals surface area contributed by atoms with Crippen LogP contribution in [0.3, 0.4) is 0 Å². The summed E-state index contributed by atoms with van der Waals surface area (Å²) >= 11 is 0. The number of nitrogens with one attached hydrogen (secondary N) is 1. The topological polar surface area (TPSA) is 92.5 Å². The van der Waals surface area contributed by atoms with Crippen LogP contribution in [-0.2, 0) is 34.3 Å². The molecule has 1 aliphatic heterocycles. The van der Waals surface area contributed by atoms with Crippen molar-refractivity contribution in [3.05, 3.63) is 107 Å². The van der Waals surface area contributed by atoms with Crippen molar-refractivity contribution in [2.24, 2.45) is 5.73 Å². The second kappa shape index (κ2) is 9.17. The number of benzene rings is 4. The van der Waals surface area contributed by atoms with E-state index in [1.54, 1.807) is 41.3 Å². The van der Waals surface area contributed by atoms with Crippen molar-refractivity contribution in [3.63, 3.8) is 0 Å². The van der Waals surface area contributed by atoms with Gasteiger partial charge in [-0.3, -0.25) is 9.52 Å². The van der Waals surface area contributed by atoms with Crippen LogP contribution >= 0.6 is 0 Å². The average molecular weight is 486 g/mol. The summed E-state index contributed by atoms with van der Waals surface area (Å²) in [5.74, 6) is -0.115. The number of carbonyl (C=O) groups is 1. The minimum atomic E-state index is -3.69. The number of nitrogens with zero attached hydrogens (tertiary/aromatic N) is 1. The van der Waals surface area contributed by atoms with Crippen molar-refractivity contribution in [2.45, 2.75) is 37.4 Å². The molecule has 3 N–H and O–H groups in total. The predicted molar refractivity (Wildman–Crippen MR) is 138 cm³/mol. The van der Waals surface area contributed by atoms with E-state index >= 15 is 0 Å². The standard InChI is InChI=1S/C28H27N3O3S/c1-19-6-12-26(13-7-19)35(33,34)30-25-11-10-23-17-31(18-24(23)16-25)28(32)27(29)15-20-8-9-21-4-2-3-5-22(21)14-20/h2-14,16,27,30H,15,17-18,29H2,1H3. The van der Waals surface area contributed by atoms with Gasteiger partial charge in [-0.1, -0.05) is 66.2 Å². The van der Waals surface area contributed by atoms with E-state index in [1.807, 2.05) is 43.3 Å². The van der Waals surface area contributed by atoms with Crippen LogP contribution in [0, 0.1) is 6.92 Å². The SMILES string of the molecule is Cc1ccc(S(=O)(=O)Nc2ccc3c(c2)CN(C(=O)C(N)Cc2ccc4ccccc4c2)C3)cc1. The van der Waals surface area contributed by atoms with Crippen molar-refractivity contribution >= 4 is 32.4 Å². The summed E-state index contributed by atoms with van der Waals surface area (Å²) in [5.41, 5.74) is 10.7. The molecule has 1 amide bonds. The van der Waals surface area contributed by atoms with Crippen molar-refractivity contribution < 1.29 is 13.2 Å². The highest BCUT2D eigenvalue weighted by Crippen LogP contribution is 2.28. The zero-order valence-corrected chi connectivity index (χ0v) is 20.3. The van der Waals surface area contributed by atoms with Crippen LogP contribution in [0.4, 0.5) is 5.69 Å². The Balaban J connectivity index is 1.26. The molecule has 0 aliphatic carbocycles. The molecule has 5 rings (SSSR count). The molecule has 6 nitrogen and oxygen atoms in total. The third-order valence-corrected chi connectivity index (χ3v) is 7.81. The Morgan fingerprint density at radius 1 is 0.914 bits per heavy atom. The molecule has 0 fully saturated rings. The number of carbonyl (C=O) groups excluding carboxylic acids is 1. The van der Waals surface area contributed by atoms with Crippen molar-refractivity contribution in [3.8, 4) is 0 Å². The molecule has 178 valence electrons. The summed E-state index contributed by atoms with van der Waals surface area (Å²) in [6, 6.07) is 25.7. The van der Waals surface area contributed by atoms with E-state index in [0.717, 1.165) is 33.0 Å². The van der Waals surface area contributed by atoms with Gasteiger partial charge < -0.3 is 10.6 Å². The maximum Gasteiger partial charge on any atom is 0.261 e. The lowest BCUT2D eigenvalue weighted by atomic mass is 10.0. The fraction of sp³-hybridized carbons (Fsp3) is 0.179. The van der Waals surface area contributed by atoms with Crippen molar-refractivity contribution in [1.29, 1.82) is 0 Å². The van der Waals surface area contributed by atoms with Gasteiger partial charge in [0.05, 0.1) is 10.9 Å². The van der Waals surface area contributed by atoms with Crippen LogP contribution < -0.4 is 10.5 Å². The molecule has 7 heteroatoms. The zero-order valence-electron chi connectivity index (χ0n) is 19.4. The van der Waals surface area contributed by atoms with E-state index < -0.39 is 16.1 Å². The quantitative estimate of drug-likeness (QED) is 0.424. The molecule has 1 aliphatic rings. The molecule has 1 unspecified atom stereocenters. The first-order valence-corrected chi connectivity index (χ1v) is 13.0. The zero-order chi connectivity index (χ0) is 24.6. The van der Waals surface area contributed by atoms with Gasteiger partial charge in [-0.25, -0.2) is 8.42 Å². The number of fused-ring (bicyclic) bond motifs is 2. The Hall–Kier alpha value is -3.68. The molecule has 0 radical (unpaired) electrons. The highest BCUT2D eigenvalue weighted by molar-refractivity contribution is 7.92. The Labute approximate surface area is 205 Å². The number of hydrogen-bond donors (Lipinski definition) is 2. The molecule has 1 atom stereocenters. The van der Waals surface area contributed by atoms with E-state index in [0.29, 0.717) is 25.2 Å². The molecular formula is C28H27N3O3S. The lowest BCUT2D eigenvalue weighted by molar-refractivity contribution is -0.133. The van der Waals surface area contributed by atoms with Crippen molar-refractivity contribution in [1.82, 2.24) is 4.90 Å². The van der Waals surface area contributed by atoms with Gasteiger partial charge in [-0.05, 0) is 65.1 Å². The summed E-state index contributed by atoms with van der Waals surface area (Å²) in [7, 11) is -3.69. The Morgan fingerprint density at radius 3 is 2.40 bits per heavy atom. The largest absolute Gasteiger partial charge is 0.333 e. The van der Waals surface area contributed by atoms with E-state index in [4.69, 9.17) is 5.73 Å². The summed E-state index contributed by atoms with van der Waals surface area (Å²) in [4.78, 5) is 15.0. The predicted octanol–water partition coefficient (Wildman–Crippen LogP) is 4.36. The molecule has 0 spiro atoms. The third-order valence-electron chi connectivity index (χ3n) is 6.41. The third kappa shape index (κ3) is 4.92. The molecular weight excluding hydrogens is 458 g/mol. The number of amides is 1. The Kier molecular flexibility index (Phi) is 6.05. The van der Waals surface area contributed by atoms with Gasteiger partial charge in [0.2, 0.25) is 5.91 Å². The number of hydrogen-bond acceptors (Lipinski definition) is 4. The number of aryl methyl sites for hydroxylation is 1. The highest BCUT2D eigenvalue weighted by atomic mass is 32.2. The summed E-state index contributed by atoms with van der Waals surface area (Å²) in [5, 5.41) is 2.28. The number of rotatable bonds is 6. The van der Waals surface area contributed by atoms with E-state index in [-0.39, 0.29) is 10.8 Å². The van der Waals surface area contributed by atoms with Gasteiger partial charge in [-0.15, -0.1) is 0 Å². The van der Waals surface area contributed by atoms with Gasteiger partial charge in [0.15, 0.2) is 0 Å². The first-order valence-electron chi connectivity index (χ1n) is 11.5. The van der Waals surface area contributed by atoms with Gasteiger partial charge >= 0.3 is 0 Å². The molecule has 0 saturated heterocycles. The van der Waals surface area contributed by atoms with Gasteiger partial charge in [-0.2, -0.15) is 0 Å². The number of sulfonamides is 1. The molecule has 0 saturated carbocycles. The van der Waals surface area contributed by atoms with Crippen LogP contribution in [0.1, 0.15) is 22.3 Å². The molecule has 0 aromatic heterocycles. The molecule has 0 bridgehead atoms. The maximum absolute atomic E-state index is 13.1. The smallest absolute Gasteiger partial charge is 0.261 e. The first-order chi connectivity index (χ1) is 16.8. The lowest BCUT2D eigenvalue weighted by Crippen LogP contribution is -2.42. The van der Waals surface area contributed by atoms with Crippen LogP contribution in [0.15, 0.2) is 89.8 Å². The number of anilines is 1. The molecule has 4 aromatic carbocycles. The van der Waals surface area contributed by atoms with Gasteiger partial charge in [0.25, 0.3) is 10.0 Å². The van der Waals surface area contributed by atoms with Crippen molar-refractivity contribution in [2.75, 3.05) is 4.72 Å². The molecule has 1 heterocycles. The van der Waals surface area contributed by atoms with E-state index in [9.17, 15) is 13.2 Å². The van der Waals surface area contributed by atoms with Gasteiger partial charge in [0, 0.05) is 18.8 Å². The van der Waals surface area contributed by atoms with E-state index in [1.165, 1.54) is 0 Å². The lowest BCUT2D eigenvalue weighted by Gasteiger charge is -2.20. The van der Waals surface area contributed by atoms with Gasteiger partial charge in [0.1, 0.15) is 0 Å². The maximum atomic E-state index is 13.1. The second-order valence-electron chi connectivity index (χ2n) is 9.09. The number of nitrogens with two attached hydrogens (primary N) is 1. The summed E-state index contributed by atoms with van der Waals surface area (Å²) < 4.78 is 28.1.